The summed E-state index contributed by atoms with van der Waals surface area (Å²) in [6, 6.07) is 14.4. The molecule has 0 saturated heterocycles. The molecule has 0 fully saturated rings. The van der Waals surface area contributed by atoms with Crippen LogP contribution in [-0.2, 0) is 10.0 Å². The van der Waals surface area contributed by atoms with Crippen LogP contribution in [0.2, 0.25) is 5.02 Å². The second kappa shape index (κ2) is 7.46. The summed E-state index contributed by atoms with van der Waals surface area (Å²) in [5.41, 5.74) is 1.14. The molecule has 2 N–H and O–H groups in total. The van der Waals surface area contributed by atoms with Crippen molar-refractivity contribution in [3.05, 3.63) is 76.7 Å². The van der Waals surface area contributed by atoms with Gasteiger partial charge < -0.3 is 9.73 Å². The number of hydrogen-bond acceptors (Lipinski definition) is 4. The monoisotopic (exact) mass is 404 g/mol. The fraction of sp³-hybridized carbons (Fsp3) is 0.105. The van der Waals surface area contributed by atoms with Crippen LogP contribution < -0.4 is 10.0 Å². The fourth-order valence-corrected chi connectivity index (χ4v) is 4.05. The van der Waals surface area contributed by atoms with E-state index in [1.165, 1.54) is 6.07 Å². The molecule has 0 bridgehead atoms. The molecule has 140 valence electrons. The Bertz CT molecular complexity index is 1110. The molecule has 0 spiro atoms. The summed E-state index contributed by atoms with van der Waals surface area (Å²) in [5.74, 6) is 0.289. The number of carbonyl (C=O) groups excluding carboxylic acids is 1. The first-order chi connectivity index (χ1) is 12.8. The van der Waals surface area contributed by atoms with Crippen LogP contribution in [0.3, 0.4) is 0 Å². The van der Waals surface area contributed by atoms with E-state index in [1.807, 2.05) is 0 Å². The average Bonchev–Trinajstić information content (AvgIpc) is 3.05. The topological polar surface area (TPSA) is 88.4 Å². The van der Waals surface area contributed by atoms with Gasteiger partial charge in [0.05, 0.1) is 15.6 Å². The normalized spacial score (nSPS) is 11.2. The molecule has 27 heavy (non-hydrogen) atoms. The lowest BCUT2D eigenvalue weighted by atomic mass is 10.2. The molecule has 1 heterocycles. The lowest BCUT2D eigenvalue weighted by Gasteiger charge is -2.13. The van der Waals surface area contributed by atoms with Crippen LogP contribution in [0.1, 0.15) is 21.9 Å². The number of aryl methyl sites for hydroxylation is 2. The van der Waals surface area contributed by atoms with E-state index in [-0.39, 0.29) is 21.4 Å². The molecule has 1 amide bonds. The van der Waals surface area contributed by atoms with Gasteiger partial charge >= 0.3 is 0 Å². The van der Waals surface area contributed by atoms with Crippen LogP contribution in [0.4, 0.5) is 11.4 Å². The Morgan fingerprint density at radius 3 is 2.44 bits per heavy atom. The van der Waals surface area contributed by atoms with Crippen LogP contribution in [0.25, 0.3) is 0 Å². The number of amides is 1. The van der Waals surface area contributed by atoms with Crippen molar-refractivity contribution in [1.29, 1.82) is 0 Å². The molecular formula is C19H17ClN2O4S. The van der Waals surface area contributed by atoms with Crippen molar-refractivity contribution in [3.63, 3.8) is 0 Å². The highest BCUT2D eigenvalue weighted by molar-refractivity contribution is 7.92. The number of rotatable bonds is 5. The minimum absolute atomic E-state index is 0.0378. The molecule has 6 nitrogen and oxygen atoms in total. The first-order valence-corrected chi connectivity index (χ1v) is 9.88. The van der Waals surface area contributed by atoms with Gasteiger partial charge in [0.1, 0.15) is 5.76 Å². The number of benzene rings is 2. The molecule has 0 atom stereocenters. The van der Waals surface area contributed by atoms with E-state index in [4.69, 9.17) is 16.0 Å². The van der Waals surface area contributed by atoms with Crippen LogP contribution in [0, 0.1) is 13.8 Å². The maximum Gasteiger partial charge on any atom is 0.291 e. The van der Waals surface area contributed by atoms with Crippen molar-refractivity contribution in [2.45, 2.75) is 18.7 Å². The van der Waals surface area contributed by atoms with Gasteiger partial charge in [-0.2, -0.15) is 0 Å². The third kappa shape index (κ3) is 4.32. The summed E-state index contributed by atoms with van der Waals surface area (Å²) in [6.45, 7) is 3.40. The van der Waals surface area contributed by atoms with Crippen LogP contribution in [0.5, 0.6) is 0 Å². The highest BCUT2D eigenvalue weighted by Crippen LogP contribution is 2.27. The summed E-state index contributed by atoms with van der Waals surface area (Å²) in [4.78, 5) is 12.3. The van der Waals surface area contributed by atoms with Crippen molar-refractivity contribution >= 4 is 38.9 Å². The summed E-state index contributed by atoms with van der Waals surface area (Å²) >= 11 is 6.03. The Kier molecular flexibility index (Phi) is 5.25. The van der Waals surface area contributed by atoms with Crippen LogP contribution in [-0.4, -0.2) is 14.3 Å². The second-order valence-corrected chi connectivity index (χ2v) is 7.99. The van der Waals surface area contributed by atoms with E-state index in [2.05, 4.69) is 10.0 Å². The number of sulfonamides is 1. The van der Waals surface area contributed by atoms with Gasteiger partial charge in [-0.3, -0.25) is 9.52 Å². The third-order valence-corrected chi connectivity index (χ3v) is 5.65. The minimum Gasteiger partial charge on any atom is -0.456 e. The number of anilines is 2. The molecule has 2 aromatic carbocycles. The Balaban J connectivity index is 1.88. The maximum absolute atomic E-state index is 12.8. The molecule has 0 radical (unpaired) electrons. The van der Waals surface area contributed by atoms with Crippen LogP contribution in [0.15, 0.2) is 63.9 Å². The predicted octanol–water partition coefficient (Wildman–Crippen LogP) is 4.60. The van der Waals surface area contributed by atoms with Crippen molar-refractivity contribution in [2.75, 3.05) is 10.0 Å². The van der Waals surface area contributed by atoms with Gasteiger partial charge in [-0.25, -0.2) is 8.42 Å². The smallest absolute Gasteiger partial charge is 0.291 e. The molecule has 0 aliphatic carbocycles. The highest BCUT2D eigenvalue weighted by Gasteiger charge is 2.20. The fourth-order valence-electron chi connectivity index (χ4n) is 2.46. The number of furan rings is 1. The average molecular weight is 405 g/mol. The SMILES string of the molecule is Cc1ccc(C(=O)Nc2ccc(C)c(S(=O)(=O)Nc3ccccc3Cl)c2)o1. The number of nitrogens with one attached hydrogen (secondary N) is 2. The van der Waals surface area contributed by atoms with E-state index in [1.54, 1.807) is 62.4 Å². The number of carbonyl (C=O) groups is 1. The number of hydrogen-bond donors (Lipinski definition) is 2. The van der Waals surface area contributed by atoms with Gasteiger partial charge in [-0.05, 0) is 55.8 Å². The van der Waals surface area contributed by atoms with Crippen molar-refractivity contribution in [3.8, 4) is 0 Å². The van der Waals surface area contributed by atoms with Gasteiger partial charge in [-0.1, -0.05) is 29.8 Å². The Labute approximate surface area is 162 Å². The molecule has 3 rings (SSSR count). The molecule has 0 aliphatic rings. The van der Waals surface area contributed by atoms with Gasteiger partial charge in [0, 0.05) is 5.69 Å². The highest BCUT2D eigenvalue weighted by atomic mass is 35.5. The lowest BCUT2D eigenvalue weighted by molar-refractivity contribution is 0.0995. The standard InChI is InChI=1S/C19H17ClN2O4S/c1-12-7-9-14(21-19(23)17-10-8-13(2)26-17)11-18(12)27(24,25)22-16-6-4-3-5-15(16)20/h3-11,22H,1-2H3,(H,21,23). The summed E-state index contributed by atoms with van der Waals surface area (Å²) in [5, 5.41) is 2.92. The molecule has 0 unspecified atom stereocenters. The predicted molar refractivity (Wildman–Crippen MR) is 105 cm³/mol. The Morgan fingerprint density at radius 1 is 1.04 bits per heavy atom. The zero-order valence-corrected chi connectivity index (χ0v) is 16.2. The van der Waals surface area contributed by atoms with Crippen molar-refractivity contribution in [1.82, 2.24) is 0 Å². The zero-order valence-electron chi connectivity index (χ0n) is 14.6. The summed E-state index contributed by atoms with van der Waals surface area (Å²) in [7, 11) is -3.89. The van der Waals surface area contributed by atoms with E-state index in [0.717, 1.165) is 0 Å². The van der Waals surface area contributed by atoms with E-state index >= 15 is 0 Å². The van der Waals surface area contributed by atoms with Crippen molar-refractivity contribution in [2.24, 2.45) is 0 Å². The summed E-state index contributed by atoms with van der Waals surface area (Å²) in [6.07, 6.45) is 0. The molecule has 8 heteroatoms. The molecule has 3 aromatic rings. The largest absolute Gasteiger partial charge is 0.456 e. The lowest BCUT2D eigenvalue weighted by Crippen LogP contribution is -2.16. The molecule has 0 aliphatic heterocycles. The quantitative estimate of drug-likeness (QED) is 0.650. The van der Waals surface area contributed by atoms with Gasteiger partial charge in [0.2, 0.25) is 0 Å². The number of halogens is 1. The first kappa shape index (κ1) is 19.0. The Morgan fingerprint density at radius 2 is 1.78 bits per heavy atom. The molecule has 0 saturated carbocycles. The van der Waals surface area contributed by atoms with Crippen molar-refractivity contribution < 1.29 is 17.6 Å². The molecular weight excluding hydrogens is 388 g/mol. The first-order valence-electron chi connectivity index (χ1n) is 8.02. The second-order valence-electron chi connectivity index (χ2n) is 5.93. The molecule has 1 aromatic heterocycles. The maximum atomic E-state index is 12.8. The van der Waals surface area contributed by atoms with Gasteiger partial charge in [0.25, 0.3) is 15.9 Å². The number of para-hydroxylation sites is 1. The van der Waals surface area contributed by atoms with E-state index in [9.17, 15) is 13.2 Å². The third-order valence-electron chi connectivity index (χ3n) is 3.82. The minimum atomic E-state index is -3.89. The van der Waals surface area contributed by atoms with Gasteiger partial charge in [-0.15, -0.1) is 0 Å². The van der Waals surface area contributed by atoms with E-state index in [0.29, 0.717) is 17.0 Å². The van der Waals surface area contributed by atoms with E-state index < -0.39 is 15.9 Å². The van der Waals surface area contributed by atoms with Gasteiger partial charge in [0.15, 0.2) is 5.76 Å². The zero-order chi connectivity index (χ0) is 19.6. The Hall–Kier alpha value is -2.77. The summed E-state index contributed by atoms with van der Waals surface area (Å²) < 4.78 is 33.3. The van der Waals surface area contributed by atoms with Crippen LogP contribution >= 0.6 is 11.6 Å².